The first-order valence-corrected chi connectivity index (χ1v) is 7.35. The van der Waals surface area contributed by atoms with Crippen LogP contribution in [0.3, 0.4) is 0 Å². The number of amides is 1. The summed E-state index contributed by atoms with van der Waals surface area (Å²) in [5, 5.41) is 16.3. The molecular weight excluding hydrogens is 332 g/mol. The number of nitrogens with zero attached hydrogens (tertiary/aromatic N) is 1. The Morgan fingerprint density at radius 3 is 2.79 bits per heavy atom. The van der Waals surface area contributed by atoms with Crippen LogP contribution in [-0.2, 0) is 0 Å². The van der Waals surface area contributed by atoms with E-state index in [9.17, 15) is 9.90 Å². The van der Waals surface area contributed by atoms with Crippen molar-refractivity contribution in [3.63, 3.8) is 0 Å². The van der Waals surface area contributed by atoms with E-state index >= 15 is 0 Å². The van der Waals surface area contributed by atoms with Gasteiger partial charge in [0.05, 0.1) is 12.1 Å². The Labute approximate surface area is 142 Å². The Kier molecular flexibility index (Phi) is 4.39. The zero-order chi connectivity index (χ0) is 17.1. The van der Waals surface area contributed by atoms with Crippen molar-refractivity contribution in [2.24, 2.45) is 0 Å². The second-order valence-corrected chi connectivity index (χ2v) is 5.34. The van der Waals surface area contributed by atoms with Crippen LogP contribution in [0.5, 0.6) is 11.5 Å². The van der Waals surface area contributed by atoms with Crippen molar-refractivity contribution in [1.29, 1.82) is 0 Å². The van der Waals surface area contributed by atoms with Gasteiger partial charge in [-0.3, -0.25) is 4.79 Å². The minimum atomic E-state index is -0.439. The lowest BCUT2D eigenvalue weighted by Crippen LogP contribution is -2.12. The van der Waals surface area contributed by atoms with Gasteiger partial charge in [0.1, 0.15) is 11.5 Å². The highest BCUT2D eigenvalue weighted by Gasteiger charge is 2.15. The number of methoxy groups -OCH3 is 1. The topological polar surface area (TPSA) is 84.6 Å². The van der Waals surface area contributed by atoms with E-state index in [-0.39, 0.29) is 11.4 Å². The van der Waals surface area contributed by atoms with E-state index in [2.05, 4.69) is 10.5 Å². The van der Waals surface area contributed by atoms with E-state index in [1.54, 1.807) is 36.4 Å². The minimum Gasteiger partial charge on any atom is -0.508 e. The fourth-order valence-corrected chi connectivity index (χ4v) is 2.37. The van der Waals surface area contributed by atoms with Gasteiger partial charge in [0.25, 0.3) is 5.91 Å². The zero-order valence-electron chi connectivity index (χ0n) is 12.6. The monoisotopic (exact) mass is 344 g/mol. The quantitative estimate of drug-likeness (QED) is 0.748. The standard InChI is InChI=1S/C17H13ClN2O4/c1-23-15-6-5-11(8-13(15)18)19-17(22)14-9-16(24-20-14)10-3-2-4-12(21)7-10/h2-9,21H,1H3,(H,19,22). The smallest absolute Gasteiger partial charge is 0.277 e. The highest BCUT2D eigenvalue weighted by Crippen LogP contribution is 2.28. The number of ether oxygens (including phenoxy) is 1. The molecule has 2 aromatic carbocycles. The van der Waals surface area contributed by atoms with Crippen LogP contribution in [0.15, 0.2) is 53.1 Å². The summed E-state index contributed by atoms with van der Waals surface area (Å²) in [5.74, 6) is 0.556. The van der Waals surface area contributed by atoms with Gasteiger partial charge >= 0.3 is 0 Å². The van der Waals surface area contributed by atoms with Crippen molar-refractivity contribution in [2.45, 2.75) is 0 Å². The van der Waals surface area contributed by atoms with E-state index in [0.717, 1.165) is 0 Å². The van der Waals surface area contributed by atoms with Gasteiger partial charge < -0.3 is 19.7 Å². The van der Waals surface area contributed by atoms with Gasteiger partial charge in [-0.25, -0.2) is 0 Å². The number of halogens is 1. The summed E-state index contributed by atoms with van der Waals surface area (Å²) in [5.41, 5.74) is 1.24. The van der Waals surface area contributed by atoms with Gasteiger partial charge in [-0.05, 0) is 30.3 Å². The molecule has 0 fully saturated rings. The molecule has 122 valence electrons. The largest absolute Gasteiger partial charge is 0.508 e. The number of hydrogen-bond acceptors (Lipinski definition) is 5. The van der Waals surface area contributed by atoms with Crippen molar-refractivity contribution in [2.75, 3.05) is 12.4 Å². The molecule has 1 heterocycles. The molecule has 3 aromatic rings. The lowest BCUT2D eigenvalue weighted by Gasteiger charge is -2.06. The summed E-state index contributed by atoms with van der Waals surface area (Å²) in [4.78, 5) is 12.2. The second-order valence-electron chi connectivity index (χ2n) is 4.93. The predicted octanol–water partition coefficient (Wildman–Crippen LogP) is 3.96. The van der Waals surface area contributed by atoms with Crippen LogP contribution in [0.25, 0.3) is 11.3 Å². The van der Waals surface area contributed by atoms with Crippen LogP contribution in [0.2, 0.25) is 5.02 Å². The van der Waals surface area contributed by atoms with Crippen LogP contribution < -0.4 is 10.1 Å². The maximum atomic E-state index is 12.2. The summed E-state index contributed by atoms with van der Waals surface area (Å²) in [6, 6.07) is 12.9. The number of aromatic nitrogens is 1. The van der Waals surface area contributed by atoms with Gasteiger partial charge in [-0.2, -0.15) is 0 Å². The average molecular weight is 345 g/mol. The van der Waals surface area contributed by atoms with Crippen molar-refractivity contribution < 1.29 is 19.2 Å². The molecule has 0 bridgehead atoms. The molecule has 0 radical (unpaired) electrons. The number of nitrogens with one attached hydrogen (secondary N) is 1. The molecule has 24 heavy (non-hydrogen) atoms. The number of rotatable bonds is 4. The summed E-state index contributed by atoms with van der Waals surface area (Å²) >= 11 is 6.02. The predicted molar refractivity (Wildman–Crippen MR) is 89.6 cm³/mol. The molecule has 0 aliphatic rings. The molecule has 0 aliphatic carbocycles. The van der Waals surface area contributed by atoms with E-state index in [1.807, 2.05) is 0 Å². The Balaban J connectivity index is 1.78. The molecular formula is C17H13ClN2O4. The van der Waals surface area contributed by atoms with Crippen LogP contribution in [-0.4, -0.2) is 23.3 Å². The van der Waals surface area contributed by atoms with Crippen LogP contribution >= 0.6 is 11.6 Å². The highest BCUT2D eigenvalue weighted by molar-refractivity contribution is 6.32. The molecule has 3 rings (SSSR count). The van der Waals surface area contributed by atoms with Gasteiger partial charge in [0.2, 0.25) is 0 Å². The first-order chi connectivity index (χ1) is 11.6. The summed E-state index contributed by atoms with van der Waals surface area (Å²) in [7, 11) is 1.51. The maximum absolute atomic E-state index is 12.2. The Morgan fingerprint density at radius 2 is 2.08 bits per heavy atom. The first kappa shape index (κ1) is 15.9. The van der Waals surface area contributed by atoms with Crippen molar-refractivity contribution in [3.05, 3.63) is 59.2 Å². The van der Waals surface area contributed by atoms with Gasteiger partial charge in [0, 0.05) is 17.3 Å². The third-order valence-corrected chi connectivity index (χ3v) is 3.58. The molecule has 0 saturated heterocycles. The second kappa shape index (κ2) is 6.64. The SMILES string of the molecule is COc1ccc(NC(=O)c2cc(-c3cccc(O)c3)on2)cc1Cl. The minimum absolute atomic E-state index is 0.0998. The van der Waals surface area contributed by atoms with Crippen molar-refractivity contribution >= 4 is 23.2 Å². The number of hydrogen-bond donors (Lipinski definition) is 2. The number of phenols is 1. The fourth-order valence-electron chi connectivity index (χ4n) is 2.12. The number of aromatic hydroxyl groups is 1. The van der Waals surface area contributed by atoms with Gasteiger partial charge in [-0.1, -0.05) is 28.9 Å². The number of anilines is 1. The number of carbonyl (C=O) groups is 1. The summed E-state index contributed by atoms with van der Waals surface area (Å²) in [6.07, 6.45) is 0. The Hall–Kier alpha value is -2.99. The first-order valence-electron chi connectivity index (χ1n) is 6.98. The number of benzene rings is 2. The van der Waals surface area contributed by atoms with Crippen molar-refractivity contribution in [1.82, 2.24) is 5.16 Å². The van der Waals surface area contributed by atoms with Gasteiger partial charge in [0.15, 0.2) is 11.5 Å². The molecule has 0 aliphatic heterocycles. The summed E-state index contributed by atoms with van der Waals surface area (Å²) < 4.78 is 10.2. The Bertz CT molecular complexity index is 892. The third kappa shape index (κ3) is 3.33. The zero-order valence-corrected chi connectivity index (χ0v) is 13.4. The fraction of sp³-hybridized carbons (Fsp3) is 0.0588. The maximum Gasteiger partial charge on any atom is 0.277 e. The van der Waals surface area contributed by atoms with Crippen LogP contribution in [0.4, 0.5) is 5.69 Å². The van der Waals surface area contributed by atoms with E-state index in [0.29, 0.717) is 27.8 Å². The molecule has 0 unspecified atom stereocenters. The number of phenolic OH excluding ortho intramolecular Hbond substituents is 1. The Morgan fingerprint density at radius 1 is 1.25 bits per heavy atom. The van der Waals surface area contributed by atoms with Crippen LogP contribution in [0, 0.1) is 0 Å². The highest BCUT2D eigenvalue weighted by atomic mass is 35.5. The molecule has 6 nitrogen and oxygen atoms in total. The third-order valence-electron chi connectivity index (χ3n) is 3.28. The molecule has 2 N–H and O–H groups in total. The van der Waals surface area contributed by atoms with E-state index in [1.165, 1.54) is 19.2 Å². The van der Waals surface area contributed by atoms with Crippen molar-refractivity contribution in [3.8, 4) is 22.8 Å². The molecule has 0 atom stereocenters. The molecule has 0 saturated carbocycles. The van der Waals surface area contributed by atoms with Crippen LogP contribution in [0.1, 0.15) is 10.5 Å². The average Bonchev–Trinajstić information content (AvgIpc) is 3.05. The molecule has 0 spiro atoms. The van der Waals surface area contributed by atoms with Gasteiger partial charge in [-0.15, -0.1) is 0 Å². The van der Waals surface area contributed by atoms with E-state index in [4.69, 9.17) is 20.9 Å². The normalized spacial score (nSPS) is 10.4. The summed E-state index contributed by atoms with van der Waals surface area (Å²) in [6.45, 7) is 0. The molecule has 1 amide bonds. The molecule has 7 heteroatoms. The lowest BCUT2D eigenvalue weighted by atomic mass is 10.1. The molecule has 1 aromatic heterocycles. The van der Waals surface area contributed by atoms with E-state index < -0.39 is 5.91 Å². The number of carbonyl (C=O) groups excluding carboxylic acids is 1. The lowest BCUT2D eigenvalue weighted by molar-refractivity contribution is 0.101.